The molecular weight excluding hydrogens is 548 g/mol. The Bertz CT molecular complexity index is 1490. The number of carboxylic acid groups (broad SMARTS) is 1. The molecule has 5 aliphatic rings. The zero-order chi connectivity index (χ0) is 29.6. The number of carbonyl (C=O) groups is 2. The smallest absolute Gasteiger partial charge is 0.336 e. The largest absolute Gasteiger partial charge is 0.479 e. The van der Waals surface area contributed by atoms with Gasteiger partial charge in [-0.25, -0.2) is 9.48 Å². The van der Waals surface area contributed by atoms with Gasteiger partial charge in [-0.15, -0.1) is 0 Å². The molecule has 0 spiro atoms. The number of allylic oxidation sites excluding steroid dienone is 1. The molecule has 10 nitrogen and oxygen atoms in total. The lowest BCUT2D eigenvalue weighted by atomic mass is 9.45. The third-order valence-electron chi connectivity index (χ3n) is 12.1. The van der Waals surface area contributed by atoms with Gasteiger partial charge in [0.05, 0.1) is 36.3 Å². The molecular formula is C33H44N4O6. The highest BCUT2D eigenvalue weighted by molar-refractivity contribution is 5.95. The number of aliphatic hydroxyl groups excluding tert-OH is 2. The summed E-state index contributed by atoms with van der Waals surface area (Å²) in [5.41, 5.74) is 1.81. The van der Waals surface area contributed by atoms with Crippen LogP contribution in [0.25, 0.3) is 11.8 Å². The lowest BCUT2D eigenvalue weighted by molar-refractivity contribution is -0.193. The van der Waals surface area contributed by atoms with Crippen molar-refractivity contribution in [1.29, 1.82) is 0 Å². The highest BCUT2D eigenvalue weighted by atomic mass is 16.4. The van der Waals surface area contributed by atoms with Crippen LogP contribution in [0.2, 0.25) is 0 Å². The zero-order valence-electron chi connectivity index (χ0n) is 25.1. The number of nitrogens with zero attached hydrogens (tertiary/aromatic N) is 3. The summed E-state index contributed by atoms with van der Waals surface area (Å²) in [5.74, 6) is -1.07. The van der Waals surface area contributed by atoms with Crippen molar-refractivity contribution in [3.05, 3.63) is 52.9 Å². The number of hydrogen-bond acceptors (Lipinski definition) is 7. The third kappa shape index (κ3) is 4.10. The van der Waals surface area contributed by atoms with E-state index in [1.165, 1.54) is 5.57 Å². The van der Waals surface area contributed by atoms with Crippen LogP contribution in [-0.2, 0) is 11.2 Å². The van der Waals surface area contributed by atoms with E-state index in [9.17, 15) is 30.0 Å². The van der Waals surface area contributed by atoms with E-state index < -0.39 is 23.1 Å². The molecule has 4 fully saturated rings. The Balaban J connectivity index is 0.00000329. The number of likely N-dealkylation sites (tertiary alicyclic amines) is 1. The summed E-state index contributed by atoms with van der Waals surface area (Å²) < 4.78 is 1.90. The van der Waals surface area contributed by atoms with Gasteiger partial charge in [0, 0.05) is 17.5 Å². The van der Waals surface area contributed by atoms with Crippen molar-refractivity contribution < 1.29 is 30.0 Å². The van der Waals surface area contributed by atoms with Crippen LogP contribution in [-0.4, -0.2) is 77.9 Å². The fourth-order valence-electron chi connectivity index (χ4n) is 9.98. The van der Waals surface area contributed by atoms with E-state index in [0.717, 1.165) is 49.0 Å². The first-order valence-electron chi connectivity index (χ1n) is 15.5. The molecule has 8 atom stereocenters. The average Bonchev–Trinajstić information content (AvgIpc) is 3.67. The van der Waals surface area contributed by atoms with E-state index in [0.29, 0.717) is 18.5 Å². The summed E-state index contributed by atoms with van der Waals surface area (Å²) in [7, 11) is 0. The van der Waals surface area contributed by atoms with E-state index in [1.807, 2.05) is 42.1 Å². The zero-order valence-corrected chi connectivity index (χ0v) is 25.1. The molecule has 0 bridgehead atoms. The molecule has 1 amide bonds. The number of carboxylic acids is 1. The Hall–Kier alpha value is -3.05. The molecule has 1 saturated heterocycles. The van der Waals surface area contributed by atoms with Crippen LogP contribution in [0, 0.1) is 28.6 Å². The van der Waals surface area contributed by atoms with Gasteiger partial charge in [0.15, 0.2) is 5.60 Å². The van der Waals surface area contributed by atoms with Gasteiger partial charge >= 0.3 is 5.97 Å². The summed E-state index contributed by atoms with van der Waals surface area (Å²) >= 11 is 0. The van der Waals surface area contributed by atoms with Crippen molar-refractivity contribution in [3.63, 3.8) is 0 Å². The van der Waals surface area contributed by atoms with Crippen LogP contribution in [0.5, 0.6) is 0 Å². The predicted octanol–water partition coefficient (Wildman–Crippen LogP) is 3.60. The monoisotopic (exact) mass is 592 g/mol. The topological polar surface area (TPSA) is 171 Å². The number of hydrogen-bond donors (Lipinski definition) is 5. The third-order valence-corrected chi connectivity index (χ3v) is 12.1. The Morgan fingerprint density at radius 3 is 2.70 bits per heavy atom. The summed E-state index contributed by atoms with van der Waals surface area (Å²) in [6, 6.07) is 7.39. The Kier molecular flexibility index (Phi) is 7.16. The molecule has 2 aromatic rings. The van der Waals surface area contributed by atoms with Gasteiger partial charge in [-0.2, -0.15) is 5.10 Å². The number of aliphatic hydroxyl groups is 3. The highest BCUT2D eigenvalue weighted by Crippen LogP contribution is 2.67. The Morgan fingerprint density at radius 1 is 1.16 bits per heavy atom. The molecule has 4 aliphatic carbocycles. The standard InChI is InChI=1S/C33H41N3O6.H3N/c1-31-15-20-17-34-36(22-6-3-5-19(13-22)29(39)35-12-4-7-23(35)18-37)26(20)14-21(31)8-9-24-25-10-11-33(42,30(40)41)32(25,2)16-27(38)28(24)31;/h3,5-6,13-14,17,23-25,27-28,37-38,42H,4,7-12,15-16,18H2,1-2H3,(H,40,41);1H3/t23-,24+,25+,27+,28-,31+,32+,33+;/m1./s1. The fraction of sp³-hybridized carbons (Fsp3) is 0.606. The molecule has 3 saturated carbocycles. The lowest BCUT2D eigenvalue weighted by Gasteiger charge is -2.60. The first kappa shape index (κ1) is 30.0. The second-order valence-corrected chi connectivity index (χ2v) is 14.0. The number of aromatic nitrogens is 2. The van der Waals surface area contributed by atoms with E-state index in [-0.39, 0.29) is 60.7 Å². The number of carbonyl (C=O) groups excluding carboxylic acids is 1. The number of rotatable bonds is 4. The second kappa shape index (κ2) is 10.3. The SMILES string of the molecule is C[C@]12Cc3cnn(-c4cccc(C(=O)N5CCC[C@@H]5CO)c4)c3C=C1CC[C@@H]1[C@@H]2[C@@H](O)C[C@@]2(C)[C@H]1CC[C@]2(O)C(=O)O.N. The molecule has 43 heavy (non-hydrogen) atoms. The minimum atomic E-state index is -1.80. The molecule has 1 aliphatic heterocycles. The van der Waals surface area contributed by atoms with Crippen LogP contribution in [0.3, 0.4) is 0 Å². The predicted molar refractivity (Wildman–Crippen MR) is 160 cm³/mol. The van der Waals surface area contributed by atoms with E-state index >= 15 is 0 Å². The summed E-state index contributed by atoms with van der Waals surface area (Å²) in [5, 5.41) is 47.3. The molecule has 1 aromatic heterocycles. The van der Waals surface area contributed by atoms with Crippen molar-refractivity contribution in [1.82, 2.24) is 20.8 Å². The van der Waals surface area contributed by atoms with Crippen LogP contribution >= 0.6 is 0 Å². The Labute approximate surface area is 252 Å². The summed E-state index contributed by atoms with van der Waals surface area (Å²) in [6.07, 6.45) is 8.74. The number of benzene rings is 1. The van der Waals surface area contributed by atoms with Crippen LogP contribution < -0.4 is 6.15 Å². The number of amides is 1. The first-order valence-corrected chi connectivity index (χ1v) is 15.5. The summed E-state index contributed by atoms with van der Waals surface area (Å²) in [4.78, 5) is 27.2. The molecule has 232 valence electrons. The quantitative estimate of drug-likeness (QED) is 0.358. The van der Waals surface area contributed by atoms with Gasteiger partial charge in [0.2, 0.25) is 0 Å². The minimum Gasteiger partial charge on any atom is -0.479 e. The van der Waals surface area contributed by atoms with Crippen molar-refractivity contribution in [2.75, 3.05) is 13.2 Å². The highest BCUT2D eigenvalue weighted by Gasteiger charge is 2.68. The molecule has 0 unspecified atom stereocenters. The van der Waals surface area contributed by atoms with Gasteiger partial charge in [-0.1, -0.05) is 25.5 Å². The molecule has 1 aromatic carbocycles. The van der Waals surface area contributed by atoms with Gasteiger partial charge < -0.3 is 31.5 Å². The maximum Gasteiger partial charge on any atom is 0.336 e. The maximum absolute atomic E-state index is 13.3. The molecule has 0 radical (unpaired) electrons. The van der Waals surface area contributed by atoms with E-state index in [4.69, 9.17) is 5.10 Å². The molecule has 10 heteroatoms. The van der Waals surface area contributed by atoms with Crippen molar-refractivity contribution in [2.45, 2.75) is 83.0 Å². The van der Waals surface area contributed by atoms with Crippen LogP contribution in [0.4, 0.5) is 0 Å². The number of fused-ring (bicyclic) bond motifs is 6. The fourth-order valence-corrected chi connectivity index (χ4v) is 9.98. The van der Waals surface area contributed by atoms with Gasteiger partial charge in [0.1, 0.15) is 0 Å². The van der Waals surface area contributed by atoms with Gasteiger partial charge in [-0.3, -0.25) is 4.79 Å². The second-order valence-electron chi connectivity index (χ2n) is 14.0. The van der Waals surface area contributed by atoms with Crippen LogP contribution in [0.1, 0.15) is 80.4 Å². The normalized spacial score (nSPS) is 37.8. The average molecular weight is 593 g/mol. The number of aliphatic carboxylic acids is 1. The van der Waals surface area contributed by atoms with Crippen LogP contribution in [0.15, 0.2) is 36.0 Å². The molecule has 7 N–H and O–H groups in total. The maximum atomic E-state index is 13.3. The molecule has 2 heterocycles. The van der Waals surface area contributed by atoms with E-state index in [1.54, 1.807) is 4.90 Å². The lowest BCUT2D eigenvalue weighted by Crippen LogP contribution is -2.61. The molecule has 7 rings (SSSR count). The first-order chi connectivity index (χ1) is 20.0. The summed E-state index contributed by atoms with van der Waals surface area (Å²) in [6.45, 7) is 4.75. The van der Waals surface area contributed by atoms with E-state index in [2.05, 4.69) is 13.0 Å². The van der Waals surface area contributed by atoms with Crippen molar-refractivity contribution in [3.8, 4) is 5.69 Å². The Morgan fingerprint density at radius 2 is 1.95 bits per heavy atom. The van der Waals surface area contributed by atoms with Gasteiger partial charge in [0.25, 0.3) is 5.91 Å². The van der Waals surface area contributed by atoms with Crippen molar-refractivity contribution in [2.24, 2.45) is 28.6 Å². The van der Waals surface area contributed by atoms with Crippen molar-refractivity contribution >= 4 is 18.0 Å². The van der Waals surface area contributed by atoms with Gasteiger partial charge in [-0.05, 0) is 104 Å². The minimum absolute atomic E-state index is 0.